The van der Waals surface area contributed by atoms with Crippen LogP contribution in [0, 0.1) is 0 Å². The van der Waals surface area contributed by atoms with Crippen LogP contribution in [0.2, 0.25) is 0 Å². The molecule has 2 N–H and O–H groups in total. The van der Waals surface area contributed by atoms with E-state index in [9.17, 15) is 13.2 Å². The van der Waals surface area contributed by atoms with Crippen molar-refractivity contribution in [2.75, 3.05) is 26.7 Å². The highest BCUT2D eigenvalue weighted by molar-refractivity contribution is 7.89. The second-order valence-corrected chi connectivity index (χ2v) is 7.54. The SMILES string of the molecule is CC[NH+](CC)CCC[C@H](C)NS(=O)(=O)c1ccccc1C(=O)OC. The molecule has 24 heavy (non-hydrogen) atoms. The van der Waals surface area contributed by atoms with E-state index in [0.29, 0.717) is 0 Å². The van der Waals surface area contributed by atoms with E-state index in [0.717, 1.165) is 32.5 Å². The zero-order valence-electron chi connectivity index (χ0n) is 15.0. The Hall–Kier alpha value is -1.44. The first kappa shape index (κ1) is 20.6. The Bertz CT molecular complexity index is 627. The predicted molar refractivity (Wildman–Crippen MR) is 93.7 cm³/mol. The lowest BCUT2D eigenvalue weighted by atomic mass is 10.2. The van der Waals surface area contributed by atoms with Crippen LogP contribution in [0.3, 0.4) is 0 Å². The Labute approximate surface area is 145 Å². The van der Waals surface area contributed by atoms with Gasteiger partial charge in [0.1, 0.15) is 0 Å². The summed E-state index contributed by atoms with van der Waals surface area (Å²) >= 11 is 0. The maximum absolute atomic E-state index is 12.6. The van der Waals surface area contributed by atoms with Gasteiger partial charge in [-0.1, -0.05) is 12.1 Å². The second kappa shape index (κ2) is 9.76. The molecule has 1 rings (SSSR count). The fraction of sp³-hybridized carbons (Fsp3) is 0.588. The van der Waals surface area contributed by atoms with Gasteiger partial charge in [-0.05, 0) is 45.7 Å². The normalized spacial score (nSPS) is 13.0. The number of ether oxygens (including phenoxy) is 1. The Kier molecular flexibility index (Phi) is 8.38. The summed E-state index contributed by atoms with van der Waals surface area (Å²) in [5.41, 5.74) is 0.0484. The Morgan fingerprint density at radius 2 is 1.88 bits per heavy atom. The molecule has 0 aromatic heterocycles. The molecule has 0 fully saturated rings. The number of quaternary nitrogens is 1. The molecule has 136 valence electrons. The topological polar surface area (TPSA) is 76.9 Å². The van der Waals surface area contributed by atoms with Crippen LogP contribution in [0.25, 0.3) is 0 Å². The van der Waals surface area contributed by atoms with Gasteiger partial charge in [0.25, 0.3) is 0 Å². The van der Waals surface area contributed by atoms with Gasteiger partial charge in [-0.15, -0.1) is 0 Å². The van der Waals surface area contributed by atoms with Crippen molar-refractivity contribution in [2.45, 2.75) is 44.6 Å². The van der Waals surface area contributed by atoms with E-state index in [1.54, 1.807) is 12.1 Å². The van der Waals surface area contributed by atoms with Crippen LogP contribution in [0.4, 0.5) is 0 Å². The van der Waals surface area contributed by atoms with Crippen molar-refractivity contribution in [3.63, 3.8) is 0 Å². The number of methoxy groups -OCH3 is 1. The summed E-state index contributed by atoms with van der Waals surface area (Å²) in [5.74, 6) is -0.659. The minimum absolute atomic E-state index is 0.0435. The van der Waals surface area contributed by atoms with Crippen molar-refractivity contribution in [2.24, 2.45) is 0 Å². The van der Waals surface area contributed by atoms with Crippen LogP contribution in [-0.2, 0) is 14.8 Å². The lowest BCUT2D eigenvalue weighted by Crippen LogP contribution is -3.11. The molecular weight excluding hydrogens is 328 g/mol. The van der Waals surface area contributed by atoms with Crippen molar-refractivity contribution in [1.82, 2.24) is 4.72 Å². The van der Waals surface area contributed by atoms with Gasteiger partial charge >= 0.3 is 5.97 Å². The van der Waals surface area contributed by atoms with Crippen molar-refractivity contribution in [3.05, 3.63) is 29.8 Å². The van der Waals surface area contributed by atoms with E-state index in [-0.39, 0.29) is 16.5 Å². The summed E-state index contributed by atoms with van der Waals surface area (Å²) in [4.78, 5) is 13.2. The predicted octanol–water partition coefficient (Wildman–Crippen LogP) is 0.845. The number of hydrogen-bond acceptors (Lipinski definition) is 4. The van der Waals surface area contributed by atoms with Crippen LogP contribution in [-0.4, -0.2) is 47.2 Å². The summed E-state index contributed by atoms with van der Waals surface area (Å²) in [7, 11) is -2.53. The first-order valence-electron chi connectivity index (χ1n) is 8.38. The Balaban J connectivity index is 2.75. The molecule has 0 saturated heterocycles. The van der Waals surface area contributed by atoms with Crippen molar-refractivity contribution < 1.29 is 22.8 Å². The molecule has 1 atom stereocenters. The monoisotopic (exact) mass is 357 g/mol. The van der Waals surface area contributed by atoms with E-state index in [4.69, 9.17) is 0 Å². The van der Waals surface area contributed by atoms with Crippen molar-refractivity contribution in [3.8, 4) is 0 Å². The largest absolute Gasteiger partial charge is 0.465 e. The highest BCUT2D eigenvalue weighted by Gasteiger charge is 2.24. The third-order valence-electron chi connectivity index (χ3n) is 4.11. The number of carbonyl (C=O) groups excluding carboxylic acids is 1. The Morgan fingerprint density at radius 3 is 2.46 bits per heavy atom. The van der Waals surface area contributed by atoms with Gasteiger partial charge in [0.05, 0.1) is 37.2 Å². The minimum atomic E-state index is -3.76. The maximum atomic E-state index is 12.6. The van der Waals surface area contributed by atoms with Gasteiger partial charge < -0.3 is 9.64 Å². The average Bonchev–Trinajstić information content (AvgIpc) is 2.57. The molecule has 7 heteroatoms. The fourth-order valence-electron chi connectivity index (χ4n) is 2.63. The molecule has 0 saturated carbocycles. The number of nitrogens with one attached hydrogen (secondary N) is 2. The van der Waals surface area contributed by atoms with E-state index >= 15 is 0 Å². The molecule has 0 aliphatic rings. The number of esters is 1. The van der Waals surface area contributed by atoms with E-state index in [1.807, 2.05) is 6.92 Å². The first-order valence-corrected chi connectivity index (χ1v) is 9.87. The lowest BCUT2D eigenvalue weighted by molar-refractivity contribution is -0.896. The second-order valence-electron chi connectivity index (χ2n) is 5.86. The number of sulfonamides is 1. The van der Waals surface area contributed by atoms with Crippen molar-refractivity contribution >= 4 is 16.0 Å². The average molecular weight is 357 g/mol. The molecule has 0 amide bonds. The molecule has 0 spiro atoms. The van der Waals surface area contributed by atoms with E-state index in [1.165, 1.54) is 24.1 Å². The molecule has 0 bridgehead atoms. The molecule has 1 aromatic carbocycles. The molecule has 0 aliphatic heterocycles. The highest BCUT2D eigenvalue weighted by Crippen LogP contribution is 2.17. The zero-order valence-corrected chi connectivity index (χ0v) is 15.8. The molecule has 0 heterocycles. The van der Waals surface area contributed by atoms with E-state index < -0.39 is 16.0 Å². The smallest absolute Gasteiger partial charge is 0.339 e. The zero-order chi connectivity index (χ0) is 18.2. The van der Waals surface area contributed by atoms with Gasteiger partial charge in [0.2, 0.25) is 10.0 Å². The molecule has 0 unspecified atom stereocenters. The van der Waals surface area contributed by atoms with Crippen LogP contribution in [0.1, 0.15) is 44.0 Å². The molecule has 0 aliphatic carbocycles. The van der Waals surface area contributed by atoms with Gasteiger partial charge in [0, 0.05) is 6.04 Å². The molecule has 0 radical (unpaired) electrons. The van der Waals surface area contributed by atoms with Gasteiger partial charge in [-0.3, -0.25) is 0 Å². The van der Waals surface area contributed by atoms with Crippen LogP contribution in [0.15, 0.2) is 29.2 Å². The van der Waals surface area contributed by atoms with Gasteiger partial charge in [-0.2, -0.15) is 0 Å². The van der Waals surface area contributed by atoms with Gasteiger partial charge in [0.15, 0.2) is 0 Å². The summed E-state index contributed by atoms with van der Waals surface area (Å²) in [6, 6.07) is 5.88. The van der Waals surface area contributed by atoms with Crippen molar-refractivity contribution in [1.29, 1.82) is 0 Å². The molecule has 1 aromatic rings. The third kappa shape index (κ3) is 5.89. The summed E-state index contributed by atoms with van der Waals surface area (Å²) < 4.78 is 32.5. The van der Waals surface area contributed by atoms with E-state index in [2.05, 4.69) is 23.3 Å². The fourth-order valence-corrected chi connectivity index (χ4v) is 4.10. The quantitative estimate of drug-likeness (QED) is 0.609. The summed E-state index contributed by atoms with van der Waals surface area (Å²) in [5, 5.41) is 0. The van der Waals surface area contributed by atoms with Crippen LogP contribution in [0.5, 0.6) is 0 Å². The number of benzene rings is 1. The molecule has 6 nitrogen and oxygen atoms in total. The standard InChI is InChI=1S/C17H28N2O4S/c1-5-19(6-2)13-9-10-14(3)18-24(21,22)16-12-8-7-11-15(16)17(20)23-4/h7-8,11-12,14,18H,5-6,9-10,13H2,1-4H3/p+1/t14-/m0/s1. The molecular formula is C17H29N2O4S+. The number of carbonyl (C=O) groups is 1. The van der Waals surface area contributed by atoms with Gasteiger partial charge in [-0.25, -0.2) is 17.9 Å². The Morgan fingerprint density at radius 1 is 1.25 bits per heavy atom. The lowest BCUT2D eigenvalue weighted by Gasteiger charge is -2.18. The summed E-state index contributed by atoms with van der Waals surface area (Å²) in [6.07, 6.45) is 1.70. The number of rotatable bonds is 10. The number of hydrogen-bond donors (Lipinski definition) is 2. The highest BCUT2D eigenvalue weighted by atomic mass is 32.2. The third-order valence-corrected chi connectivity index (χ3v) is 5.75. The minimum Gasteiger partial charge on any atom is -0.465 e. The van der Waals surface area contributed by atoms with Crippen LogP contribution < -0.4 is 9.62 Å². The summed E-state index contributed by atoms with van der Waals surface area (Å²) in [6.45, 7) is 9.31. The maximum Gasteiger partial charge on any atom is 0.339 e. The first-order chi connectivity index (χ1) is 11.4. The van der Waals surface area contributed by atoms with Crippen LogP contribution >= 0.6 is 0 Å².